The lowest BCUT2D eigenvalue weighted by atomic mass is 10.1. The number of hydrogen-bond acceptors (Lipinski definition) is 5. The summed E-state index contributed by atoms with van der Waals surface area (Å²) < 4.78 is 1.35. The van der Waals surface area contributed by atoms with E-state index in [4.69, 9.17) is 0 Å². The van der Waals surface area contributed by atoms with Crippen molar-refractivity contribution in [2.24, 2.45) is 0 Å². The van der Waals surface area contributed by atoms with Crippen LogP contribution in [0.5, 0.6) is 0 Å². The average molecular weight is 314 g/mol. The van der Waals surface area contributed by atoms with Crippen LogP contribution in [0.3, 0.4) is 0 Å². The van der Waals surface area contributed by atoms with Gasteiger partial charge in [-0.2, -0.15) is 0 Å². The van der Waals surface area contributed by atoms with Gasteiger partial charge in [-0.1, -0.05) is 29.8 Å². The normalized spacial score (nSPS) is 15.1. The molecule has 1 aromatic carbocycles. The van der Waals surface area contributed by atoms with Gasteiger partial charge in [0.25, 0.3) is 0 Å². The molecule has 0 radical (unpaired) electrons. The van der Waals surface area contributed by atoms with E-state index >= 15 is 0 Å². The number of aromatic nitrogens is 4. The summed E-state index contributed by atoms with van der Waals surface area (Å²) in [5.41, 5.74) is 2.29. The molecule has 8 heteroatoms. The second-order valence-electron chi connectivity index (χ2n) is 5.62. The molecule has 1 aliphatic heterocycles. The maximum Gasteiger partial charge on any atom is 0.244 e. The van der Waals surface area contributed by atoms with Gasteiger partial charge in [0.2, 0.25) is 11.8 Å². The number of aryl methyl sites for hydroxylation is 1. The Bertz CT molecular complexity index is 683. The van der Waals surface area contributed by atoms with E-state index in [9.17, 15) is 9.59 Å². The molecule has 0 N–H and O–H groups in total. The van der Waals surface area contributed by atoms with Crippen molar-refractivity contribution in [3.05, 3.63) is 41.7 Å². The van der Waals surface area contributed by atoms with Crippen LogP contribution in [-0.2, 0) is 22.7 Å². The zero-order valence-electron chi connectivity index (χ0n) is 12.9. The largest absolute Gasteiger partial charge is 0.335 e. The van der Waals surface area contributed by atoms with Gasteiger partial charge in [-0.3, -0.25) is 9.59 Å². The summed E-state index contributed by atoms with van der Waals surface area (Å²) in [6.45, 7) is 3.83. The lowest BCUT2D eigenvalue weighted by molar-refractivity contribution is -0.146. The Morgan fingerprint density at radius 1 is 1.22 bits per heavy atom. The number of benzene rings is 1. The molecule has 23 heavy (non-hydrogen) atoms. The molecule has 8 nitrogen and oxygen atoms in total. The Labute approximate surface area is 133 Å². The van der Waals surface area contributed by atoms with Crippen molar-refractivity contribution in [1.29, 1.82) is 0 Å². The van der Waals surface area contributed by atoms with E-state index in [0.717, 1.165) is 5.56 Å². The van der Waals surface area contributed by atoms with E-state index < -0.39 is 0 Å². The summed E-state index contributed by atoms with van der Waals surface area (Å²) in [7, 11) is 0. The molecule has 1 saturated heterocycles. The minimum absolute atomic E-state index is 0.0399. The first-order valence-electron chi connectivity index (χ1n) is 7.44. The highest BCUT2D eigenvalue weighted by molar-refractivity contribution is 5.85. The minimum atomic E-state index is -0.152. The fraction of sp³-hybridized carbons (Fsp3) is 0.400. The van der Waals surface area contributed by atoms with Gasteiger partial charge in [0.05, 0.1) is 6.54 Å². The third-order valence-corrected chi connectivity index (χ3v) is 3.85. The van der Waals surface area contributed by atoms with Crippen LogP contribution in [0.15, 0.2) is 30.6 Å². The van der Waals surface area contributed by atoms with E-state index in [-0.39, 0.29) is 24.9 Å². The van der Waals surface area contributed by atoms with Crippen molar-refractivity contribution < 1.29 is 9.59 Å². The van der Waals surface area contributed by atoms with Gasteiger partial charge in [0.15, 0.2) is 0 Å². The molecule has 0 saturated carbocycles. The van der Waals surface area contributed by atoms with Crippen LogP contribution in [0, 0.1) is 6.92 Å². The molecular formula is C15H18N6O2. The first-order valence-corrected chi connectivity index (χ1v) is 7.44. The highest BCUT2D eigenvalue weighted by Crippen LogP contribution is 2.11. The first-order chi connectivity index (χ1) is 11.1. The Kier molecular flexibility index (Phi) is 4.31. The van der Waals surface area contributed by atoms with Crippen molar-refractivity contribution in [1.82, 2.24) is 30.0 Å². The SMILES string of the molecule is Cc1ccc(CN2CCN(C(=O)Cn3cnnn3)CC2=O)cc1. The molecule has 1 aliphatic rings. The van der Waals surface area contributed by atoms with E-state index in [2.05, 4.69) is 15.5 Å². The highest BCUT2D eigenvalue weighted by atomic mass is 16.2. The Morgan fingerprint density at radius 3 is 2.65 bits per heavy atom. The smallest absolute Gasteiger partial charge is 0.244 e. The number of amides is 2. The Balaban J connectivity index is 1.55. The second kappa shape index (κ2) is 6.55. The third kappa shape index (κ3) is 3.71. The molecule has 0 spiro atoms. The number of carbonyl (C=O) groups excluding carboxylic acids is 2. The van der Waals surface area contributed by atoms with Crippen LogP contribution >= 0.6 is 0 Å². The Morgan fingerprint density at radius 2 is 2.00 bits per heavy atom. The number of carbonyl (C=O) groups is 2. The fourth-order valence-electron chi connectivity index (χ4n) is 2.49. The predicted molar refractivity (Wildman–Crippen MR) is 81.0 cm³/mol. The van der Waals surface area contributed by atoms with E-state index in [0.29, 0.717) is 19.6 Å². The molecule has 2 amide bonds. The topological polar surface area (TPSA) is 84.2 Å². The van der Waals surface area contributed by atoms with Crippen LogP contribution in [-0.4, -0.2) is 61.5 Å². The fourth-order valence-corrected chi connectivity index (χ4v) is 2.49. The standard InChI is InChI=1S/C15H18N6O2/c1-12-2-4-13(5-3-12)8-19-6-7-20(9-14(19)22)15(23)10-21-11-16-17-18-21/h2-5,11H,6-10H2,1H3. The van der Waals surface area contributed by atoms with Crippen LogP contribution in [0.2, 0.25) is 0 Å². The monoisotopic (exact) mass is 314 g/mol. The van der Waals surface area contributed by atoms with Crippen molar-refractivity contribution in [2.75, 3.05) is 19.6 Å². The van der Waals surface area contributed by atoms with Crippen molar-refractivity contribution in [3.63, 3.8) is 0 Å². The number of nitrogens with zero attached hydrogens (tertiary/aromatic N) is 6. The maximum absolute atomic E-state index is 12.3. The second-order valence-corrected chi connectivity index (χ2v) is 5.62. The summed E-state index contributed by atoms with van der Waals surface area (Å²) >= 11 is 0. The van der Waals surface area contributed by atoms with Gasteiger partial charge in [-0.15, -0.1) is 5.10 Å². The van der Waals surface area contributed by atoms with Crippen molar-refractivity contribution in [2.45, 2.75) is 20.0 Å². The van der Waals surface area contributed by atoms with E-state index in [1.54, 1.807) is 9.80 Å². The summed E-state index contributed by atoms with van der Waals surface area (Å²) in [6.07, 6.45) is 1.38. The van der Waals surface area contributed by atoms with Crippen molar-refractivity contribution in [3.8, 4) is 0 Å². The molecule has 1 aromatic heterocycles. The van der Waals surface area contributed by atoms with Gasteiger partial charge in [-0.05, 0) is 22.9 Å². The Hall–Kier alpha value is -2.77. The number of tetrazole rings is 1. The number of hydrogen-bond donors (Lipinski definition) is 0. The zero-order chi connectivity index (χ0) is 16.2. The first kappa shape index (κ1) is 15.1. The summed E-state index contributed by atoms with van der Waals surface area (Å²) in [5, 5.41) is 10.6. The molecular weight excluding hydrogens is 296 g/mol. The number of rotatable bonds is 4. The molecule has 2 heterocycles. The zero-order valence-corrected chi connectivity index (χ0v) is 12.9. The average Bonchev–Trinajstić information content (AvgIpc) is 3.04. The lowest BCUT2D eigenvalue weighted by Crippen LogP contribution is -2.52. The molecule has 0 unspecified atom stereocenters. The van der Waals surface area contributed by atoms with E-state index in [1.807, 2.05) is 31.2 Å². The molecule has 1 fully saturated rings. The molecule has 0 aliphatic carbocycles. The summed E-state index contributed by atoms with van der Waals surface area (Å²) in [5.74, 6) is -0.192. The highest BCUT2D eigenvalue weighted by Gasteiger charge is 2.27. The van der Waals surface area contributed by atoms with E-state index in [1.165, 1.54) is 16.6 Å². The predicted octanol–water partition coefficient (Wildman–Crippen LogP) is -0.147. The van der Waals surface area contributed by atoms with Gasteiger partial charge in [0, 0.05) is 19.6 Å². The molecule has 0 atom stereocenters. The van der Waals surface area contributed by atoms with Gasteiger partial charge in [0.1, 0.15) is 12.9 Å². The van der Waals surface area contributed by atoms with Crippen LogP contribution in [0.4, 0.5) is 0 Å². The summed E-state index contributed by atoms with van der Waals surface area (Å²) in [4.78, 5) is 27.8. The van der Waals surface area contributed by atoms with Gasteiger partial charge < -0.3 is 9.80 Å². The molecule has 120 valence electrons. The lowest BCUT2D eigenvalue weighted by Gasteiger charge is -2.34. The summed E-state index contributed by atoms with van der Waals surface area (Å²) in [6, 6.07) is 8.12. The number of piperazine rings is 1. The maximum atomic E-state index is 12.3. The molecule has 3 rings (SSSR count). The minimum Gasteiger partial charge on any atom is -0.335 e. The van der Waals surface area contributed by atoms with Crippen LogP contribution in [0.1, 0.15) is 11.1 Å². The van der Waals surface area contributed by atoms with Crippen molar-refractivity contribution >= 4 is 11.8 Å². The quantitative estimate of drug-likeness (QED) is 0.784. The molecule has 0 bridgehead atoms. The van der Waals surface area contributed by atoms with Gasteiger partial charge in [-0.25, -0.2) is 4.68 Å². The third-order valence-electron chi connectivity index (χ3n) is 3.85. The van der Waals surface area contributed by atoms with Gasteiger partial charge >= 0.3 is 0 Å². The van der Waals surface area contributed by atoms with Crippen LogP contribution < -0.4 is 0 Å². The van der Waals surface area contributed by atoms with Crippen LogP contribution in [0.25, 0.3) is 0 Å². The molecule has 2 aromatic rings.